The predicted molar refractivity (Wildman–Crippen MR) is 69.1 cm³/mol. The van der Waals surface area contributed by atoms with Gasteiger partial charge in [-0.15, -0.1) is 6.58 Å². The Bertz CT molecular complexity index is 440. The number of rotatable bonds is 6. The van der Waals surface area contributed by atoms with Crippen LogP contribution in [0.4, 0.5) is 0 Å². The average Bonchev–Trinajstić information content (AvgIpc) is 2.29. The Morgan fingerprint density at radius 2 is 1.94 bits per heavy atom. The second-order valence-corrected chi connectivity index (χ2v) is 5.58. The zero-order chi connectivity index (χ0) is 12.0. The molecule has 0 fully saturated rings. The van der Waals surface area contributed by atoms with Crippen molar-refractivity contribution in [2.45, 2.75) is 16.6 Å². The molecular formula is C11H14BrNO2S. The van der Waals surface area contributed by atoms with Crippen LogP contribution in [0.15, 0.2) is 41.8 Å². The van der Waals surface area contributed by atoms with Gasteiger partial charge in [-0.1, -0.05) is 34.1 Å². The monoisotopic (exact) mass is 303 g/mol. The molecule has 88 valence electrons. The first-order valence-electron chi connectivity index (χ1n) is 4.85. The zero-order valence-electron chi connectivity index (χ0n) is 8.82. The minimum atomic E-state index is -3.37. The van der Waals surface area contributed by atoms with Gasteiger partial charge in [-0.2, -0.15) is 0 Å². The molecule has 0 amide bonds. The summed E-state index contributed by atoms with van der Waals surface area (Å²) < 4.78 is 26.0. The summed E-state index contributed by atoms with van der Waals surface area (Å²) in [6.45, 7) is 3.92. The summed E-state index contributed by atoms with van der Waals surface area (Å²) in [4.78, 5) is 0.293. The van der Waals surface area contributed by atoms with Crippen molar-refractivity contribution in [3.8, 4) is 0 Å². The standard InChI is InChI=1S/C11H14BrNO2S/c1-2-3-8-13-16(14,15)11-6-4-10(9-12)5-7-11/h2,4-7,13H,1,3,8-9H2. The highest BCUT2D eigenvalue weighted by atomic mass is 79.9. The van der Waals surface area contributed by atoms with Crippen molar-refractivity contribution < 1.29 is 8.42 Å². The van der Waals surface area contributed by atoms with E-state index in [2.05, 4.69) is 27.2 Å². The minimum Gasteiger partial charge on any atom is -0.211 e. The Balaban J connectivity index is 2.77. The van der Waals surface area contributed by atoms with Gasteiger partial charge in [-0.3, -0.25) is 0 Å². The number of halogens is 1. The van der Waals surface area contributed by atoms with Gasteiger partial charge in [0.1, 0.15) is 0 Å². The van der Waals surface area contributed by atoms with Crippen molar-refractivity contribution in [1.82, 2.24) is 4.72 Å². The van der Waals surface area contributed by atoms with Gasteiger partial charge >= 0.3 is 0 Å². The van der Waals surface area contributed by atoms with E-state index < -0.39 is 10.0 Å². The summed E-state index contributed by atoms with van der Waals surface area (Å²) in [7, 11) is -3.37. The van der Waals surface area contributed by atoms with E-state index in [4.69, 9.17) is 0 Å². The van der Waals surface area contributed by atoms with Crippen molar-refractivity contribution >= 4 is 26.0 Å². The number of hydrogen-bond acceptors (Lipinski definition) is 2. The van der Waals surface area contributed by atoms with Crippen molar-refractivity contribution in [2.24, 2.45) is 0 Å². The van der Waals surface area contributed by atoms with Crippen molar-refractivity contribution in [3.63, 3.8) is 0 Å². The SMILES string of the molecule is C=CCCNS(=O)(=O)c1ccc(CBr)cc1. The smallest absolute Gasteiger partial charge is 0.211 e. The van der Waals surface area contributed by atoms with E-state index in [1.807, 2.05) is 0 Å². The van der Waals surface area contributed by atoms with Crippen LogP contribution >= 0.6 is 15.9 Å². The molecule has 0 aromatic heterocycles. The van der Waals surface area contributed by atoms with Gasteiger partial charge in [0.15, 0.2) is 0 Å². The maximum absolute atomic E-state index is 11.7. The molecule has 5 heteroatoms. The number of hydrogen-bond donors (Lipinski definition) is 1. The lowest BCUT2D eigenvalue weighted by atomic mass is 10.2. The first kappa shape index (κ1) is 13.4. The maximum atomic E-state index is 11.7. The highest BCUT2D eigenvalue weighted by Gasteiger charge is 2.12. The Kier molecular flexibility index (Phi) is 5.18. The van der Waals surface area contributed by atoms with Gasteiger partial charge in [0.2, 0.25) is 10.0 Å². The Morgan fingerprint density at radius 3 is 2.44 bits per heavy atom. The minimum absolute atomic E-state index is 0.293. The lowest BCUT2D eigenvalue weighted by Crippen LogP contribution is -2.24. The van der Waals surface area contributed by atoms with Gasteiger partial charge in [-0.25, -0.2) is 13.1 Å². The third-order valence-electron chi connectivity index (χ3n) is 2.03. The fourth-order valence-corrected chi connectivity index (χ4v) is 2.56. The van der Waals surface area contributed by atoms with Crippen LogP contribution < -0.4 is 4.72 Å². The second-order valence-electron chi connectivity index (χ2n) is 3.25. The Hall–Kier alpha value is -0.650. The summed E-state index contributed by atoms with van der Waals surface area (Å²) in [5, 5.41) is 0.719. The molecule has 0 radical (unpaired) electrons. The molecule has 0 atom stereocenters. The molecule has 0 spiro atoms. The first-order valence-corrected chi connectivity index (χ1v) is 7.46. The molecule has 0 saturated heterocycles. The molecule has 0 aliphatic heterocycles. The lowest BCUT2D eigenvalue weighted by molar-refractivity contribution is 0.582. The van der Waals surface area contributed by atoms with Gasteiger partial charge in [0.25, 0.3) is 0 Å². The molecule has 0 unspecified atom stereocenters. The summed E-state index contributed by atoms with van der Waals surface area (Å²) >= 11 is 3.31. The van der Waals surface area contributed by atoms with E-state index in [9.17, 15) is 8.42 Å². The van der Waals surface area contributed by atoms with Crippen LogP contribution in [0, 0.1) is 0 Å². The van der Waals surface area contributed by atoms with E-state index in [-0.39, 0.29) is 0 Å². The molecule has 1 aromatic rings. The van der Waals surface area contributed by atoms with E-state index >= 15 is 0 Å². The van der Waals surface area contributed by atoms with Crippen LogP contribution in [0.1, 0.15) is 12.0 Å². The number of benzene rings is 1. The van der Waals surface area contributed by atoms with Gasteiger partial charge in [0.05, 0.1) is 4.90 Å². The molecule has 0 saturated carbocycles. The van der Waals surface area contributed by atoms with Crippen molar-refractivity contribution in [3.05, 3.63) is 42.5 Å². The Labute approximate surface area is 105 Å². The highest BCUT2D eigenvalue weighted by molar-refractivity contribution is 9.08. The summed E-state index contributed by atoms with van der Waals surface area (Å²) in [6, 6.07) is 6.79. The number of nitrogens with one attached hydrogen (secondary N) is 1. The topological polar surface area (TPSA) is 46.2 Å². The fourth-order valence-electron chi connectivity index (χ4n) is 1.14. The van der Waals surface area contributed by atoms with E-state index in [1.54, 1.807) is 30.3 Å². The largest absolute Gasteiger partial charge is 0.240 e. The van der Waals surface area contributed by atoms with Crippen LogP contribution in [0.25, 0.3) is 0 Å². The van der Waals surface area contributed by atoms with Crippen LogP contribution in [0.2, 0.25) is 0 Å². The second kappa shape index (κ2) is 6.18. The predicted octanol–water partition coefficient (Wildman–Crippen LogP) is 2.44. The van der Waals surface area contributed by atoms with Crippen molar-refractivity contribution in [1.29, 1.82) is 0 Å². The molecule has 1 aromatic carbocycles. The molecule has 0 heterocycles. The lowest BCUT2D eigenvalue weighted by Gasteiger charge is -2.05. The molecule has 0 aliphatic carbocycles. The van der Waals surface area contributed by atoms with Gasteiger partial charge in [0, 0.05) is 11.9 Å². The number of sulfonamides is 1. The van der Waals surface area contributed by atoms with Crippen LogP contribution in [0.3, 0.4) is 0 Å². The quantitative estimate of drug-likeness (QED) is 0.498. The van der Waals surface area contributed by atoms with Crippen LogP contribution in [-0.4, -0.2) is 15.0 Å². The third kappa shape index (κ3) is 3.73. The van der Waals surface area contributed by atoms with Gasteiger partial charge in [-0.05, 0) is 24.1 Å². The molecule has 16 heavy (non-hydrogen) atoms. The molecule has 0 aliphatic rings. The molecular weight excluding hydrogens is 290 g/mol. The number of alkyl halides is 1. The summed E-state index contributed by atoms with van der Waals surface area (Å²) in [5.41, 5.74) is 1.05. The molecule has 0 bridgehead atoms. The van der Waals surface area contributed by atoms with E-state index in [1.165, 1.54) is 0 Å². The highest BCUT2D eigenvalue weighted by Crippen LogP contribution is 2.12. The fraction of sp³-hybridized carbons (Fsp3) is 0.273. The summed E-state index contributed by atoms with van der Waals surface area (Å²) in [5.74, 6) is 0. The normalized spacial score (nSPS) is 11.3. The molecule has 3 nitrogen and oxygen atoms in total. The van der Waals surface area contributed by atoms with E-state index in [0.717, 1.165) is 10.9 Å². The maximum Gasteiger partial charge on any atom is 0.240 e. The zero-order valence-corrected chi connectivity index (χ0v) is 11.2. The van der Waals surface area contributed by atoms with E-state index in [0.29, 0.717) is 17.9 Å². The Morgan fingerprint density at radius 1 is 1.31 bits per heavy atom. The third-order valence-corrected chi connectivity index (χ3v) is 4.15. The summed E-state index contributed by atoms with van der Waals surface area (Å²) in [6.07, 6.45) is 2.30. The molecule has 1 N–H and O–H groups in total. The van der Waals surface area contributed by atoms with Crippen LogP contribution in [0.5, 0.6) is 0 Å². The van der Waals surface area contributed by atoms with Crippen molar-refractivity contribution in [2.75, 3.05) is 6.54 Å². The first-order chi connectivity index (χ1) is 7.60. The van der Waals surface area contributed by atoms with Gasteiger partial charge < -0.3 is 0 Å². The van der Waals surface area contributed by atoms with Crippen LogP contribution in [-0.2, 0) is 15.4 Å². The average molecular weight is 304 g/mol. The molecule has 1 rings (SSSR count).